The third kappa shape index (κ3) is 4.20. The predicted molar refractivity (Wildman–Crippen MR) is 125 cm³/mol. The molecule has 0 aliphatic carbocycles. The van der Waals surface area contributed by atoms with Crippen LogP contribution in [-0.2, 0) is 10.0 Å². The summed E-state index contributed by atoms with van der Waals surface area (Å²) in [5.41, 5.74) is 3.30. The summed E-state index contributed by atoms with van der Waals surface area (Å²) in [5.74, 6) is -0.368. The van der Waals surface area contributed by atoms with E-state index in [1.807, 2.05) is 51.1 Å². The number of rotatable bonds is 5. The maximum Gasteiger partial charge on any atom is 0.255 e. The molecule has 7 nitrogen and oxygen atoms in total. The SMILES string of the molecule is Cc1nn(-c2ccccc2)c(C)c1NC(=O)c1cccc(S(=O)(=O)N2CCCCC2C)c1. The average molecular weight is 453 g/mol. The zero-order valence-corrected chi connectivity index (χ0v) is 19.4. The second-order valence-electron chi connectivity index (χ2n) is 8.24. The molecule has 1 fully saturated rings. The van der Waals surface area contributed by atoms with Crippen LogP contribution in [0.3, 0.4) is 0 Å². The van der Waals surface area contributed by atoms with E-state index in [9.17, 15) is 13.2 Å². The van der Waals surface area contributed by atoms with Gasteiger partial charge in [0.25, 0.3) is 5.91 Å². The van der Waals surface area contributed by atoms with Gasteiger partial charge in [-0.05, 0) is 63.9 Å². The van der Waals surface area contributed by atoms with Crippen LogP contribution in [0.15, 0.2) is 59.5 Å². The number of sulfonamides is 1. The Morgan fingerprint density at radius 1 is 1.06 bits per heavy atom. The summed E-state index contributed by atoms with van der Waals surface area (Å²) in [6.45, 7) is 6.17. The number of hydrogen-bond donors (Lipinski definition) is 1. The molecular weight excluding hydrogens is 424 g/mol. The number of nitrogens with zero attached hydrogens (tertiary/aromatic N) is 3. The first-order valence-electron chi connectivity index (χ1n) is 10.8. The van der Waals surface area contributed by atoms with Crippen LogP contribution in [0.5, 0.6) is 0 Å². The Hall–Kier alpha value is -2.97. The van der Waals surface area contributed by atoms with Crippen LogP contribution in [0.2, 0.25) is 0 Å². The van der Waals surface area contributed by atoms with Crippen molar-refractivity contribution in [1.29, 1.82) is 0 Å². The fourth-order valence-corrected chi connectivity index (χ4v) is 5.94. The quantitative estimate of drug-likeness (QED) is 0.625. The molecule has 168 valence electrons. The molecule has 2 aromatic carbocycles. The summed E-state index contributed by atoms with van der Waals surface area (Å²) in [5, 5.41) is 7.47. The van der Waals surface area contributed by atoms with Crippen LogP contribution in [-0.4, -0.2) is 41.0 Å². The Kier molecular flexibility index (Phi) is 6.17. The maximum atomic E-state index is 13.2. The van der Waals surface area contributed by atoms with Gasteiger partial charge >= 0.3 is 0 Å². The van der Waals surface area contributed by atoms with E-state index in [0.29, 0.717) is 23.5 Å². The molecule has 32 heavy (non-hydrogen) atoms. The molecule has 0 saturated carbocycles. The Labute approximate surface area is 189 Å². The minimum Gasteiger partial charge on any atom is -0.319 e. The van der Waals surface area contributed by atoms with Gasteiger partial charge < -0.3 is 5.32 Å². The van der Waals surface area contributed by atoms with Crippen LogP contribution < -0.4 is 5.32 Å². The van der Waals surface area contributed by atoms with E-state index < -0.39 is 10.0 Å². The van der Waals surface area contributed by atoms with Gasteiger partial charge in [0.2, 0.25) is 10.0 Å². The van der Waals surface area contributed by atoms with E-state index in [1.54, 1.807) is 27.2 Å². The monoisotopic (exact) mass is 452 g/mol. The number of aromatic nitrogens is 2. The third-order valence-electron chi connectivity index (χ3n) is 5.98. The summed E-state index contributed by atoms with van der Waals surface area (Å²) in [4.78, 5) is 13.2. The number of aryl methyl sites for hydroxylation is 1. The Morgan fingerprint density at radius 3 is 2.53 bits per heavy atom. The van der Waals surface area contributed by atoms with Gasteiger partial charge in [0.05, 0.1) is 27.7 Å². The first-order chi connectivity index (χ1) is 15.3. The number of anilines is 1. The summed E-state index contributed by atoms with van der Waals surface area (Å²) in [6.07, 6.45) is 2.74. The number of hydrogen-bond acceptors (Lipinski definition) is 4. The molecule has 0 spiro atoms. The standard InChI is InChI=1S/C24H28N4O3S/c1-17-10-7-8-15-27(17)32(30,31)22-14-9-11-20(16-22)24(29)25-23-18(2)26-28(19(23)3)21-12-5-4-6-13-21/h4-6,9,11-14,16-17H,7-8,10,15H2,1-3H3,(H,25,29). The van der Waals surface area contributed by atoms with Crippen LogP contribution in [0.1, 0.15) is 47.9 Å². The van der Waals surface area contributed by atoms with Gasteiger partial charge in [0, 0.05) is 18.2 Å². The van der Waals surface area contributed by atoms with Crippen LogP contribution in [0, 0.1) is 13.8 Å². The molecule has 1 aliphatic rings. The van der Waals surface area contributed by atoms with Gasteiger partial charge in [-0.3, -0.25) is 4.79 Å². The molecule has 0 bridgehead atoms. The first-order valence-corrected chi connectivity index (χ1v) is 12.3. The predicted octanol–water partition coefficient (Wildman–Crippen LogP) is 4.30. The van der Waals surface area contributed by atoms with Crippen molar-refractivity contribution in [2.45, 2.75) is 51.0 Å². The van der Waals surface area contributed by atoms with Crippen molar-refractivity contribution >= 4 is 21.6 Å². The third-order valence-corrected chi connectivity index (χ3v) is 7.99. The number of benzene rings is 2. The van der Waals surface area contributed by atoms with Gasteiger partial charge in [0.15, 0.2) is 0 Å². The molecule has 1 saturated heterocycles. The molecule has 8 heteroatoms. The van der Waals surface area contributed by atoms with Gasteiger partial charge in [-0.15, -0.1) is 0 Å². The zero-order chi connectivity index (χ0) is 22.9. The molecule has 1 unspecified atom stereocenters. The van der Waals surface area contributed by atoms with Gasteiger partial charge in [-0.25, -0.2) is 13.1 Å². The van der Waals surface area contributed by atoms with E-state index in [1.165, 1.54) is 6.07 Å². The summed E-state index contributed by atoms with van der Waals surface area (Å²) < 4.78 is 29.7. The van der Waals surface area contributed by atoms with Crippen LogP contribution in [0.25, 0.3) is 5.69 Å². The molecule has 2 heterocycles. The van der Waals surface area contributed by atoms with E-state index in [4.69, 9.17) is 0 Å². The van der Waals surface area contributed by atoms with Crippen LogP contribution >= 0.6 is 0 Å². The van der Waals surface area contributed by atoms with Crippen molar-refractivity contribution in [2.75, 3.05) is 11.9 Å². The van der Waals surface area contributed by atoms with Crippen molar-refractivity contribution in [3.05, 3.63) is 71.5 Å². The van der Waals surface area contributed by atoms with Crippen LogP contribution in [0.4, 0.5) is 5.69 Å². The minimum atomic E-state index is -3.65. The number of carbonyl (C=O) groups is 1. The maximum absolute atomic E-state index is 13.2. The lowest BCUT2D eigenvalue weighted by Crippen LogP contribution is -2.41. The lowest BCUT2D eigenvalue weighted by atomic mass is 10.1. The van der Waals surface area contributed by atoms with Crippen molar-refractivity contribution in [3.63, 3.8) is 0 Å². The molecule has 1 aromatic heterocycles. The highest BCUT2D eigenvalue weighted by atomic mass is 32.2. The molecule has 1 N–H and O–H groups in total. The van der Waals surface area contributed by atoms with Crippen molar-refractivity contribution in [3.8, 4) is 5.69 Å². The van der Waals surface area contributed by atoms with E-state index in [0.717, 1.165) is 30.6 Å². The Balaban J connectivity index is 1.60. The molecule has 4 rings (SSSR count). The van der Waals surface area contributed by atoms with E-state index >= 15 is 0 Å². The smallest absolute Gasteiger partial charge is 0.255 e. The van der Waals surface area contributed by atoms with Crippen molar-refractivity contribution in [2.24, 2.45) is 0 Å². The number of para-hydroxylation sites is 1. The fraction of sp³-hybridized carbons (Fsp3) is 0.333. The van der Waals surface area contributed by atoms with E-state index in [2.05, 4.69) is 10.4 Å². The topological polar surface area (TPSA) is 84.3 Å². The van der Waals surface area contributed by atoms with E-state index in [-0.39, 0.29) is 16.8 Å². The van der Waals surface area contributed by atoms with Crippen molar-refractivity contribution in [1.82, 2.24) is 14.1 Å². The lowest BCUT2D eigenvalue weighted by Gasteiger charge is -2.32. The van der Waals surface area contributed by atoms with Crippen molar-refractivity contribution < 1.29 is 13.2 Å². The Bertz CT molecular complexity index is 1240. The molecule has 0 radical (unpaired) electrons. The summed E-state index contributed by atoms with van der Waals surface area (Å²) >= 11 is 0. The second-order valence-corrected chi connectivity index (χ2v) is 10.1. The molecule has 1 aliphatic heterocycles. The molecule has 1 atom stereocenters. The number of nitrogens with one attached hydrogen (secondary N) is 1. The fourth-order valence-electron chi connectivity index (χ4n) is 4.19. The van der Waals surface area contributed by atoms with Gasteiger partial charge in [0.1, 0.15) is 0 Å². The summed E-state index contributed by atoms with van der Waals surface area (Å²) in [7, 11) is -3.65. The highest BCUT2D eigenvalue weighted by Crippen LogP contribution is 2.27. The largest absolute Gasteiger partial charge is 0.319 e. The molecule has 1 amide bonds. The molecule has 3 aromatic rings. The minimum absolute atomic E-state index is 0.0413. The zero-order valence-electron chi connectivity index (χ0n) is 18.6. The number of amides is 1. The second kappa shape index (κ2) is 8.88. The number of carbonyl (C=O) groups excluding carboxylic acids is 1. The first kappa shape index (κ1) is 22.2. The van der Waals surface area contributed by atoms with Gasteiger partial charge in [-0.2, -0.15) is 9.40 Å². The summed E-state index contributed by atoms with van der Waals surface area (Å²) in [6, 6.07) is 15.9. The molecular formula is C24H28N4O3S. The number of piperidine rings is 1. The Morgan fingerprint density at radius 2 is 1.81 bits per heavy atom. The normalized spacial score (nSPS) is 17.3. The lowest BCUT2D eigenvalue weighted by molar-refractivity contribution is 0.102. The highest BCUT2D eigenvalue weighted by Gasteiger charge is 2.31. The average Bonchev–Trinajstić information content (AvgIpc) is 3.08. The highest BCUT2D eigenvalue weighted by molar-refractivity contribution is 7.89. The van der Waals surface area contributed by atoms with Gasteiger partial charge in [-0.1, -0.05) is 30.7 Å².